The number of phenolic OH excluding ortho intramolecular Hbond substituents is 2. The van der Waals surface area contributed by atoms with Crippen molar-refractivity contribution in [3.63, 3.8) is 0 Å². The van der Waals surface area contributed by atoms with Crippen molar-refractivity contribution in [2.45, 2.75) is 169 Å². The van der Waals surface area contributed by atoms with Crippen LogP contribution in [0.15, 0.2) is 71.9 Å². The van der Waals surface area contributed by atoms with E-state index in [0.717, 1.165) is 61.7 Å². The fraction of sp³-hybridized carbons (Fsp3) is 0.571. The summed E-state index contributed by atoms with van der Waals surface area (Å²) >= 11 is 0. The molecule has 0 radical (unpaired) electrons. The van der Waals surface area contributed by atoms with Crippen molar-refractivity contribution in [3.8, 4) is 28.7 Å². The second kappa shape index (κ2) is 27.0. The van der Waals surface area contributed by atoms with Crippen LogP contribution in [0.4, 0.5) is 13.2 Å². The van der Waals surface area contributed by atoms with E-state index < -0.39 is 38.0 Å². The van der Waals surface area contributed by atoms with E-state index >= 15 is 0 Å². The number of hydrogen-bond donors (Lipinski definition) is 2. The van der Waals surface area contributed by atoms with Crippen LogP contribution in [0, 0.1) is 18.8 Å². The summed E-state index contributed by atoms with van der Waals surface area (Å²) in [5, 5.41) is 21.1. The number of unbranched alkanes of at least 4 members (excludes halogenated alkanes) is 4. The van der Waals surface area contributed by atoms with E-state index in [-0.39, 0.29) is 86.7 Å². The second-order valence-electron chi connectivity index (χ2n) is 19.0. The van der Waals surface area contributed by atoms with Crippen LogP contribution in [0.1, 0.15) is 134 Å². The molecule has 0 heterocycles. The number of benzene rings is 2. The first-order valence-electron chi connectivity index (χ1n) is 22.1. The second-order valence-corrected chi connectivity index (χ2v) is 29.4. The van der Waals surface area contributed by atoms with Crippen LogP contribution in [0.25, 0.3) is 0 Å². The molecule has 358 valence electrons. The quantitative estimate of drug-likeness (QED) is 0.0431. The summed E-state index contributed by atoms with van der Waals surface area (Å²) in [6.07, 6.45) is 16.2. The molecule has 15 heteroatoms. The molecule has 64 heavy (non-hydrogen) atoms. The first-order valence-corrected chi connectivity index (χ1v) is 30.3. The third-order valence-corrected chi connectivity index (χ3v) is 13.3. The molecule has 2 aliphatic carbocycles. The van der Waals surface area contributed by atoms with Gasteiger partial charge in [-0.2, -0.15) is 28.0 Å². The van der Waals surface area contributed by atoms with Crippen molar-refractivity contribution >= 4 is 49.8 Å². The van der Waals surface area contributed by atoms with Gasteiger partial charge in [-0.3, -0.25) is 0 Å². The van der Waals surface area contributed by atoms with E-state index in [0.29, 0.717) is 11.1 Å². The fourth-order valence-corrected chi connectivity index (χ4v) is 9.86. The predicted octanol–water partition coefficient (Wildman–Crippen LogP) is 11.8. The van der Waals surface area contributed by atoms with Gasteiger partial charge in [0, 0.05) is 35.1 Å². The van der Waals surface area contributed by atoms with E-state index in [9.17, 15) is 31.8 Å². The van der Waals surface area contributed by atoms with Crippen LogP contribution in [-0.2, 0) is 16.5 Å². The summed E-state index contributed by atoms with van der Waals surface area (Å²) < 4.78 is 79.7. The zero-order chi connectivity index (χ0) is 47.4. The van der Waals surface area contributed by atoms with Crippen LogP contribution >= 0.6 is 0 Å². The van der Waals surface area contributed by atoms with Gasteiger partial charge in [-0.05, 0) is 135 Å². The van der Waals surface area contributed by atoms with Crippen LogP contribution in [0.2, 0.25) is 39.3 Å². The molecule has 2 aromatic carbocycles. The molecule has 2 N–H and O–H groups in total. The van der Waals surface area contributed by atoms with Gasteiger partial charge in [0.2, 0.25) is 16.6 Å². The molecule has 2 aliphatic rings. The summed E-state index contributed by atoms with van der Waals surface area (Å²) in [5.41, 5.74) is 1.40. The van der Waals surface area contributed by atoms with Gasteiger partial charge < -0.3 is 47.2 Å². The Labute approximate surface area is 413 Å². The summed E-state index contributed by atoms with van der Waals surface area (Å²) in [7, 11) is -10.4. The summed E-state index contributed by atoms with van der Waals surface area (Å²) in [6.45, 7) is 36.1. The smallest absolute Gasteiger partial charge is 1.00 e. The third-order valence-electron chi connectivity index (χ3n) is 10.7. The molecule has 0 amide bonds. The summed E-state index contributed by atoms with van der Waals surface area (Å²) in [6, 6.07) is 6.14. The molecule has 0 saturated carbocycles. The van der Waals surface area contributed by atoms with E-state index in [1.807, 2.05) is 72.2 Å². The number of rotatable bonds is 16. The monoisotopic (exact) mass is 1020 g/mol. The van der Waals surface area contributed by atoms with Crippen molar-refractivity contribution in [3.05, 3.63) is 95.5 Å². The summed E-state index contributed by atoms with van der Waals surface area (Å²) in [4.78, 5) is 0. The largest absolute Gasteiger partial charge is 2.00 e. The van der Waals surface area contributed by atoms with Gasteiger partial charge in [0.15, 0.2) is 0 Å². The zero-order valence-electron chi connectivity index (χ0n) is 40.7. The molecule has 7 nitrogen and oxygen atoms in total. The van der Waals surface area contributed by atoms with Gasteiger partial charge in [0.05, 0.1) is 0 Å². The Morgan fingerprint density at radius 1 is 0.766 bits per heavy atom. The molecule has 4 atom stereocenters. The molecule has 2 aromatic rings. The normalized spacial score (nSPS) is 18.8. The van der Waals surface area contributed by atoms with E-state index in [1.54, 1.807) is 0 Å². The molecule has 0 fully saturated rings. The Balaban J connectivity index is 0.00000115. The van der Waals surface area contributed by atoms with E-state index in [4.69, 9.17) is 8.85 Å². The minimum absolute atomic E-state index is 0. The number of aromatic hydroxyl groups is 2. The average molecular weight is 1030 g/mol. The minimum Gasteiger partial charge on any atom is -1.00 e. The maximum Gasteiger partial charge on any atom is 2.00 e. The van der Waals surface area contributed by atoms with Crippen molar-refractivity contribution in [2.24, 2.45) is 11.8 Å². The van der Waals surface area contributed by atoms with Crippen LogP contribution in [-0.4, -0.2) is 63.8 Å². The molecule has 0 aromatic heterocycles. The molecule has 0 spiro atoms. The van der Waals surface area contributed by atoms with Crippen molar-refractivity contribution < 1.29 is 61.8 Å². The van der Waals surface area contributed by atoms with Gasteiger partial charge in [0.1, 0.15) is 28.7 Å². The average Bonchev–Trinajstić information content (AvgIpc) is 3.10. The fourth-order valence-electron chi connectivity index (χ4n) is 7.76. The molecule has 0 unspecified atom stereocenters. The zero-order valence-corrected chi connectivity index (χ0v) is 46.6. The number of phenols is 2. The summed E-state index contributed by atoms with van der Waals surface area (Å²) in [5.74, 6) is 0.698. The van der Waals surface area contributed by atoms with Gasteiger partial charge in [-0.25, -0.2) is 0 Å². The van der Waals surface area contributed by atoms with Crippen molar-refractivity contribution in [1.29, 1.82) is 0 Å². The molecule has 0 bridgehead atoms. The SMILES string of the molecule is C=C(C)[C@@H]1CCC(C)=C[C@@H]1c1c(O)cc(CCCCC)cc1O.C=C(C)[C@@H]1CCC(C)=C[C@@H]1c1c(O[Si](C)(C)C)cc(OS(=O)(=O)C(F)(F)F)cc1O[Si](C)(C)C.[Br-].[CH2-]CCCC.[Mg+2]. The van der Waals surface area contributed by atoms with E-state index in [1.165, 1.54) is 49.0 Å². The molecule has 0 aliphatic heterocycles. The maximum atomic E-state index is 13.0. The van der Waals surface area contributed by atoms with Crippen molar-refractivity contribution in [1.82, 2.24) is 0 Å². The van der Waals surface area contributed by atoms with Crippen LogP contribution in [0.5, 0.6) is 28.7 Å². The van der Waals surface area contributed by atoms with Gasteiger partial charge in [-0.1, -0.05) is 87.1 Å². The first kappa shape index (κ1) is 61.8. The number of alkyl halides is 3. The van der Waals surface area contributed by atoms with Crippen LogP contribution < -0.4 is 30.0 Å². The number of aryl methyl sites for hydroxylation is 1. The Kier molecular flexibility index (Phi) is 26.1. The van der Waals surface area contributed by atoms with Gasteiger partial charge in [-0.15, -0.1) is 0 Å². The number of halogens is 4. The van der Waals surface area contributed by atoms with Gasteiger partial charge >= 0.3 is 38.7 Å². The standard InChI is InChI=1S/C23H35F3O5SSi2.C21H30O2.C5H11.BrH.Mg/c1-15(2)18-11-10-16(3)12-19(18)22-20(30-33(4,5)6)13-17(14-21(22)31-34(7,8)9)29-32(27,28)23(24,25)26;1-5-6-7-8-16-12-19(22)21(20(23)13-16)18-11-15(4)9-10-17(18)14(2)3;1-3-5-4-2;;/h12-14,18-19H,1,10-11H2,2-9H3;11-13,17-18,22-23H,2,5-10H2,1,3-4H3;1,3-5H2,2H3;1H;/q;;-1;;+2/p-1/t18-,19-;17-,18-;;;/m00.../s1. The Hall–Kier alpha value is -2.18. The van der Waals surface area contributed by atoms with E-state index in [2.05, 4.69) is 57.2 Å². The van der Waals surface area contributed by atoms with Gasteiger partial charge in [0.25, 0.3) is 0 Å². The third kappa shape index (κ3) is 19.6. The molecule has 4 rings (SSSR count). The molecular formula is C49H76BrF3MgO7SSi2. The Morgan fingerprint density at radius 2 is 1.17 bits per heavy atom. The Bertz CT molecular complexity index is 1950. The van der Waals surface area contributed by atoms with Crippen LogP contribution in [0.3, 0.4) is 0 Å². The molecule has 0 saturated heterocycles. The Morgan fingerprint density at radius 3 is 1.50 bits per heavy atom. The first-order chi connectivity index (χ1) is 28.5. The maximum absolute atomic E-state index is 13.0. The topological polar surface area (TPSA) is 102 Å². The molecular weight excluding hydrogens is 950 g/mol. The predicted molar refractivity (Wildman–Crippen MR) is 262 cm³/mol. The van der Waals surface area contributed by atoms with Crippen molar-refractivity contribution in [2.75, 3.05) is 0 Å². The number of hydrogen-bond acceptors (Lipinski definition) is 7. The minimum atomic E-state index is -5.86. The number of allylic oxidation sites excluding steroid dienone is 6.